The second-order valence-electron chi connectivity index (χ2n) is 6.18. The molecule has 0 spiro atoms. The lowest BCUT2D eigenvalue weighted by atomic mass is 10.0. The number of aryl methyl sites for hydroxylation is 1. The highest BCUT2D eigenvalue weighted by Crippen LogP contribution is 2.23. The molecule has 0 bridgehead atoms. The third kappa shape index (κ3) is 4.37. The standard InChI is InChI=1S/C18H24N4O3/c1-12(2)13-8-6-7-9-15(13)19-16(23)11-21(3)18(24)14-10-22(4)20-17(14)25-5/h6-10,12H,11H2,1-5H3,(H,19,23). The van der Waals surface area contributed by atoms with E-state index in [1.165, 1.54) is 16.7 Å². The Morgan fingerprint density at radius 2 is 2.00 bits per heavy atom. The van der Waals surface area contributed by atoms with E-state index in [-0.39, 0.29) is 30.2 Å². The second-order valence-corrected chi connectivity index (χ2v) is 6.18. The molecule has 0 unspecified atom stereocenters. The highest BCUT2D eigenvalue weighted by atomic mass is 16.5. The monoisotopic (exact) mass is 344 g/mol. The Hall–Kier alpha value is -2.83. The Labute approximate surface area is 147 Å². The normalized spacial score (nSPS) is 10.6. The molecule has 2 amide bonds. The maximum atomic E-state index is 12.5. The number of hydrogen-bond acceptors (Lipinski definition) is 4. The number of aromatic nitrogens is 2. The van der Waals surface area contributed by atoms with Gasteiger partial charge < -0.3 is 15.0 Å². The number of ether oxygens (including phenoxy) is 1. The van der Waals surface area contributed by atoms with Gasteiger partial charge in [0.1, 0.15) is 5.56 Å². The topological polar surface area (TPSA) is 76.5 Å². The molecule has 0 aliphatic heterocycles. The summed E-state index contributed by atoms with van der Waals surface area (Å²) in [5, 5.41) is 6.93. The minimum Gasteiger partial charge on any atom is -0.479 e. The first kappa shape index (κ1) is 18.5. The molecule has 0 aliphatic carbocycles. The van der Waals surface area contributed by atoms with E-state index in [9.17, 15) is 9.59 Å². The van der Waals surface area contributed by atoms with Gasteiger partial charge in [-0.05, 0) is 17.5 Å². The summed E-state index contributed by atoms with van der Waals surface area (Å²) < 4.78 is 6.60. The molecule has 7 nitrogen and oxygen atoms in total. The number of nitrogens with one attached hydrogen (secondary N) is 1. The maximum absolute atomic E-state index is 12.5. The van der Waals surface area contributed by atoms with Gasteiger partial charge in [-0.25, -0.2) is 0 Å². The van der Waals surface area contributed by atoms with E-state index in [0.29, 0.717) is 5.56 Å². The molecule has 134 valence electrons. The van der Waals surface area contributed by atoms with Crippen molar-refractivity contribution in [1.29, 1.82) is 0 Å². The maximum Gasteiger partial charge on any atom is 0.261 e. The highest BCUT2D eigenvalue weighted by Gasteiger charge is 2.22. The van der Waals surface area contributed by atoms with Crippen molar-refractivity contribution in [3.8, 4) is 5.88 Å². The van der Waals surface area contributed by atoms with Gasteiger partial charge in [-0.2, -0.15) is 0 Å². The fourth-order valence-electron chi connectivity index (χ4n) is 2.56. The fraction of sp³-hybridized carbons (Fsp3) is 0.389. The van der Waals surface area contributed by atoms with Crippen LogP contribution in [0.2, 0.25) is 0 Å². The van der Waals surface area contributed by atoms with E-state index in [1.807, 2.05) is 24.3 Å². The van der Waals surface area contributed by atoms with Crippen molar-refractivity contribution >= 4 is 17.5 Å². The van der Waals surface area contributed by atoms with Crippen molar-refractivity contribution < 1.29 is 14.3 Å². The van der Waals surface area contributed by atoms with Crippen LogP contribution in [0, 0.1) is 0 Å². The molecule has 0 atom stereocenters. The summed E-state index contributed by atoms with van der Waals surface area (Å²) in [6, 6.07) is 7.65. The molecule has 7 heteroatoms. The van der Waals surface area contributed by atoms with Crippen molar-refractivity contribution in [2.75, 3.05) is 26.0 Å². The number of methoxy groups -OCH3 is 1. The fourth-order valence-corrected chi connectivity index (χ4v) is 2.56. The summed E-state index contributed by atoms with van der Waals surface area (Å²) in [5.74, 6) is -0.0514. The van der Waals surface area contributed by atoms with Gasteiger partial charge in [-0.3, -0.25) is 14.3 Å². The number of hydrogen-bond donors (Lipinski definition) is 1. The number of carbonyl (C=O) groups is 2. The molecule has 25 heavy (non-hydrogen) atoms. The molecule has 0 radical (unpaired) electrons. The predicted molar refractivity (Wildman–Crippen MR) is 95.9 cm³/mol. The number of rotatable bonds is 6. The van der Waals surface area contributed by atoms with E-state index >= 15 is 0 Å². The summed E-state index contributed by atoms with van der Waals surface area (Å²) >= 11 is 0. The molecule has 1 heterocycles. The summed E-state index contributed by atoms with van der Waals surface area (Å²) in [6.07, 6.45) is 1.57. The van der Waals surface area contributed by atoms with Crippen LogP contribution in [-0.4, -0.2) is 47.2 Å². The number of anilines is 1. The molecule has 0 fully saturated rings. The Balaban J connectivity index is 2.06. The zero-order valence-corrected chi connectivity index (χ0v) is 15.2. The molecule has 2 rings (SSSR count). The van der Waals surface area contributed by atoms with Crippen molar-refractivity contribution in [3.63, 3.8) is 0 Å². The van der Waals surface area contributed by atoms with Crippen LogP contribution in [0.1, 0.15) is 35.7 Å². The molecular formula is C18H24N4O3. The number of amides is 2. The van der Waals surface area contributed by atoms with E-state index in [2.05, 4.69) is 24.3 Å². The number of likely N-dealkylation sites (N-methyl/N-ethyl adjacent to an activating group) is 1. The molecule has 2 aromatic rings. The van der Waals surface area contributed by atoms with Gasteiger partial charge >= 0.3 is 0 Å². The average Bonchev–Trinajstić information content (AvgIpc) is 2.95. The Kier molecular flexibility index (Phi) is 5.80. The van der Waals surface area contributed by atoms with E-state index in [4.69, 9.17) is 4.74 Å². The summed E-state index contributed by atoms with van der Waals surface area (Å²) in [5.41, 5.74) is 2.14. The van der Waals surface area contributed by atoms with Crippen LogP contribution in [0.5, 0.6) is 5.88 Å². The average molecular weight is 344 g/mol. The second kappa shape index (κ2) is 7.83. The molecule has 1 aromatic carbocycles. The first-order chi connectivity index (χ1) is 11.8. The number of carbonyl (C=O) groups excluding carboxylic acids is 2. The van der Waals surface area contributed by atoms with Gasteiger partial charge in [0.15, 0.2) is 0 Å². The smallest absolute Gasteiger partial charge is 0.261 e. The third-order valence-electron chi connectivity index (χ3n) is 3.80. The zero-order chi connectivity index (χ0) is 18.6. The van der Waals surface area contributed by atoms with Crippen LogP contribution >= 0.6 is 0 Å². The lowest BCUT2D eigenvalue weighted by Crippen LogP contribution is -2.35. The predicted octanol–water partition coefficient (Wildman–Crippen LogP) is 2.26. The van der Waals surface area contributed by atoms with Gasteiger partial charge in [-0.1, -0.05) is 32.0 Å². The van der Waals surface area contributed by atoms with Crippen molar-refractivity contribution in [2.24, 2.45) is 7.05 Å². The van der Waals surface area contributed by atoms with E-state index in [1.54, 1.807) is 20.3 Å². The molecule has 0 saturated heterocycles. The Morgan fingerprint density at radius 3 is 2.64 bits per heavy atom. The molecule has 0 aliphatic rings. The lowest BCUT2D eigenvalue weighted by Gasteiger charge is -2.18. The van der Waals surface area contributed by atoms with Crippen LogP contribution in [0.15, 0.2) is 30.5 Å². The number of nitrogens with zero attached hydrogens (tertiary/aromatic N) is 3. The van der Waals surface area contributed by atoms with Crippen LogP contribution < -0.4 is 10.1 Å². The number of para-hydroxylation sites is 1. The summed E-state index contributed by atoms with van der Waals surface area (Å²) in [6.45, 7) is 4.06. The largest absolute Gasteiger partial charge is 0.479 e. The first-order valence-electron chi connectivity index (χ1n) is 8.05. The Bertz CT molecular complexity index is 767. The van der Waals surface area contributed by atoms with Gasteiger partial charge in [0.05, 0.1) is 13.7 Å². The third-order valence-corrected chi connectivity index (χ3v) is 3.80. The summed E-state index contributed by atoms with van der Waals surface area (Å²) in [7, 11) is 4.73. The van der Waals surface area contributed by atoms with Gasteiger partial charge in [-0.15, -0.1) is 5.10 Å². The van der Waals surface area contributed by atoms with Crippen LogP contribution in [0.3, 0.4) is 0 Å². The van der Waals surface area contributed by atoms with Crippen LogP contribution in [0.4, 0.5) is 5.69 Å². The van der Waals surface area contributed by atoms with Crippen LogP contribution in [0.25, 0.3) is 0 Å². The quantitative estimate of drug-likeness (QED) is 0.872. The minimum atomic E-state index is -0.322. The first-order valence-corrected chi connectivity index (χ1v) is 8.05. The van der Waals surface area contributed by atoms with Gasteiger partial charge in [0, 0.05) is 26.0 Å². The Morgan fingerprint density at radius 1 is 1.32 bits per heavy atom. The molecule has 0 saturated carbocycles. The SMILES string of the molecule is COc1nn(C)cc1C(=O)N(C)CC(=O)Nc1ccccc1C(C)C. The van der Waals surface area contributed by atoms with Crippen molar-refractivity contribution in [1.82, 2.24) is 14.7 Å². The van der Waals surface area contributed by atoms with E-state index < -0.39 is 0 Å². The van der Waals surface area contributed by atoms with Crippen molar-refractivity contribution in [3.05, 3.63) is 41.6 Å². The highest BCUT2D eigenvalue weighted by molar-refractivity contribution is 6.00. The minimum absolute atomic E-state index is 0.0662. The molecular weight excluding hydrogens is 320 g/mol. The van der Waals surface area contributed by atoms with Gasteiger partial charge in [0.25, 0.3) is 5.91 Å². The zero-order valence-electron chi connectivity index (χ0n) is 15.2. The van der Waals surface area contributed by atoms with Crippen molar-refractivity contribution in [2.45, 2.75) is 19.8 Å². The molecule has 1 aromatic heterocycles. The van der Waals surface area contributed by atoms with Crippen LogP contribution in [-0.2, 0) is 11.8 Å². The lowest BCUT2D eigenvalue weighted by molar-refractivity contribution is -0.116. The van der Waals surface area contributed by atoms with Gasteiger partial charge in [0.2, 0.25) is 11.8 Å². The molecule has 1 N–H and O–H groups in total. The number of benzene rings is 1. The summed E-state index contributed by atoms with van der Waals surface area (Å²) in [4.78, 5) is 26.2. The van der Waals surface area contributed by atoms with E-state index in [0.717, 1.165) is 11.3 Å².